The number of aromatic nitrogens is 1. The Labute approximate surface area is 137 Å². The molecule has 1 spiro atoms. The molecule has 2 unspecified atom stereocenters. The van der Waals surface area contributed by atoms with Crippen molar-refractivity contribution in [2.75, 3.05) is 13.1 Å². The fourth-order valence-corrected chi connectivity index (χ4v) is 4.61. The first-order valence-electron chi connectivity index (χ1n) is 8.56. The number of rotatable bonds is 4. The van der Waals surface area contributed by atoms with Gasteiger partial charge in [-0.3, -0.25) is 9.78 Å². The number of thiazole rings is 1. The Morgan fingerprint density at radius 1 is 1.36 bits per heavy atom. The molecule has 2 saturated heterocycles. The molecule has 2 aliphatic rings. The van der Waals surface area contributed by atoms with Crippen LogP contribution in [0.5, 0.6) is 0 Å². The average molecular weight is 321 g/mol. The minimum absolute atomic E-state index is 0.100. The van der Waals surface area contributed by atoms with Crippen LogP contribution in [0.25, 0.3) is 0 Å². The summed E-state index contributed by atoms with van der Waals surface area (Å²) in [7, 11) is 0. The number of nitrogens with zero attached hydrogens (tertiary/aromatic N) is 3. The summed E-state index contributed by atoms with van der Waals surface area (Å²) in [5.41, 5.74) is 1.96. The number of hydrogen-bond donors (Lipinski definition) is 0. The fraction of sp³-hybridized carbons (Fsp3) is 0.765. The van der Waals surface area contributed by atoms with Gasteiger partial charge in [0.2, 0.25) is 5.91 Å². The highest BCUT2D eigenvalue weighted by molar-refractivity contribution is 7.09. The Bertz CT molecular complexity index is 504. The van der Waals surface area contributed by atoms with Crippen molar-refractivity contribution >= 4 is 17.2 Å². The van der Waals surface area contributed by atoms with Gasteiger partial charge in [0.15, 0.2) is 0 Å². The zero-order valence-corrected chi connectivity index (χ0v) is 14.6. The molecule has 4 nitrogen and oxygen atoms in total. The number of amides is 1. The molecule has 2 fully saturated rings. The van der Waals surface area contributed by atoms with Crippen LogP contribution in [0.15, 0.2) is 11.7 Å². The second kappa shape index (κ2) is 6.67. The molecular formula is C17H27N3OS. The highest BCUT2D eigenvalue weighted by Crippen LogP contribution is 2.40. The second-order valence-corrected chi connectivity index (χ2v) is 7.79. The molecule has 0 saturated carbocycles. The Kier molecular flexibility index (Phi) is 4.83. The van der Waals surface area contributed by atoms with E-state index in [0.29, 0.717) is 11.9 Å². The van der Waals surface area contributed by atoms with Gasteiger partial charge in [-0.1, -0.05) is 6.92 Å². The molecule has 2 aliphatic heterocycles. The van der Waals surface area contributed by atoms with Crippen molar-refractivity contribution in [1.82, 2.24) is 14.8 Å². The maximum absolute atomic E-state index is 12.5. The lowest BCUT2D eigenvalue weighted by molar-refractivity contribution is -0.132. The summed E-state index contributed by atoms with van der Waals surface area (Å²) >= 11 is 1.66. The van der Waals surface area contributed by atoms with E-state index in [1.165, 1.54) is 24.3 Å². The molecule has 0 bridgehead atoms. The standard InChI is InChI=1S/C17H27N3OS/c1-3-14(2)19-9-4-6-17(8-10-19)7-5-16(21)20(17)12-15-11-18-13-22-15/h11,13-14H,3-10,12H2,1-2H3. The SMILES string of the molecule is CCC(C)N1CCCC2(CCC(=O)N2Cc2cncs2)CC1. The zero-order valence-electron chi connectivity index (χ0n) is 13.8. The van der Waals surface area contributed by atoms with E-state index in [0.717, 1.165) is 38.8 Å². The lowest BCUT2D eigenvalue weighted by atomic mass is 9.87. The maximum atomic E-state index is 12.5. The Hall–Kier alpha value is -0.940. The highest BCUT2D eigenvalue weighted by atomic mass is 32.1. The van der Waals surface area contributed by atoms with Gasteiger partial charge < -0.3 is 9.80 Å². The normalized spacial score (nSPS) is 28.3. The molecule has 1 aromatic heterocycles. The van der Waals surface area contributed by atoms with Gasteiger partial charge in [0.05, 0.1) is 12.1 Å². The van der Waals surface area contributed by atoms with Crippen LogP contribution < -0.4 is 0 Å². The molecule has 22 heavy (non-hydrogen) atoms. The number of carbonyl (C=O) groups is 1. The van der Waals surface area contributed by atoms with Gasteiger partial charge in [-0.15, -0.1) is 11.3 Å². The topological polar surface area (TPSA) is 36.4 Å². The van der Waals surface area contributed by atoms with Crippen LogP contribution in [0.4, 0.5) is 0 Å². The third kappa shape index (κ3) is 3.06. The van der Waals surface area contributed by atoms with Gasteiger partial charge in [0.25, 0.3) is 0 Å². The molecule has 0 aliphatic carbocycles. The van der Waals surface area contributed by atoms with Crippen molar-refractivity contribution in [2.45, 2.75) is 70.5 Å². The lowest BCUT2D eigenvalue weighted by Crippen LogP contribution is -2.46. The van der Waals surface area contributed by atoms with E-state index in [1.54, 1.807) is 11.3 Å². The van der Waals surface area contributed by atoms with Crippen LogP contribution in [0, 0.1) is 0 Å². The first-order chi connectivity index (χ1) is 10.6. The van der Waals surface area contributed by atoms with E-state index in [9.17, 15) is 4.79 Å². The molecular weight excluding hydrogens is 294 g/mol. The third-order valence-corrected chi connectivity index (χ3v) is 6.41. The van der Waals surface area contributed by atoms with E-state index < -0.39 is 0 Å². The number of likely N-dealkylation sites (tertiary alicyclic amines) is 2. The monoisotopic (exact) mass is 321 g/mol. The molecule has 1 amide bonds. The van der Waals surface area contributed by atoms with Gasteiger partial charge >= 0.3 is 0 Å². The Morgan fingerprint density at radius 3 is 2.95 bits per heavy atom. The van der Waals surface area contributed by atoms with Gasteiger partial charge in [-0.05, 0) is 45.6 Å². The van der Waals surface area contributed by atoms with Crippen molar-refractivity contribution in [2.24, 2.45) is 0 Å². The first-order valence-corrected chi connectivity index (χ1v) is 9.44. The highest BCUT2D eigenvalue weighted by Gasteiger charge is 2.45. The molecule has 0 N–H and O–H groups in total. The smallest absolute Gasteiger partial charge is 0.223 e. The molecule has 2 atom stereocenters. The predicted octanol–water partition coefficient (Wildman–Crippen LogP) is 3.29. The van der Waals surface area contributed by atoms with Crippen molar-refractivity contribution in [1.29, 1.82) is 0 Å². The fourth-order valence-electron chi connectivity index (χ4n) is 4.02. The molecule has 3 heterocycles. The summed E-state index contributed by atoms with van der Waals surface area (Å²) in [6.45, 7) is 7.65. The minimum Gasteiger partial charge on any atom is -0.332 e. The molecule has 122 valence electrons. The van der Waals surface area contributed by atoms with E-state index in [-0.39, 0.29) is 5.54 Å². The van der Waals surface area contributed by atoms with Crippen LogP contribution in [-0.2, 0) is 11.3 Å². The van der Waals surface area contributed by atoms with Gasteiger partial charge in [0, 0.05) is 35.6 Å². The Morgan fingerprint density at radius 2 is 2.23 bits per heavy atom. The van der Waals surface area contributed by atoms with Crippen LogP contribution in [0.3, 0.4) is 0 Å². The van der Waals surface area contributed by atoms with E-state index in [2.05, 4.69) is 28.6 Å². The van der Waals surface area contributed by atoms with E-state index in [1.807, 2.05) is 11.7 Å². The number of hydrogen-bond acceptors (Lipinski definition) is 4. The molecule has 5 heteroatoms. The quantitative estimate of drug-likeness (QED) is 0.854. The summed E-state index contributed by atoms with van der Waals surface area (Å²) in [6.07, 6.45) is 8.37. The Balaban J connectivity index is 1.74. The van der Waals surface area contributed by atoms with Crippen LogP contribution in [0.2, 0.25) is 0 Å². The second-order valence-electron chi connectivity index (χ2n) is 6.82. The average Bonchev–Trinajstić information content (AvgIpc) is 3.07. The van der Waals surface area contributed by atoms with Gasteiger partial charge in [-0.2, -0.15) is 0 Å². The molecule has 1 aromatic rings. The van der Waals surface area contributed by atoms with Gasteiger partial charge in [-0.25, -0.2) is 0 Å². The molecule has 0 aromatic carbocycles. The zero-order chi connectivity index (χ0) is 15.6. The third-order valence-electron chi connectivity index (χ3n) is 5.64. The van der Waals surface area contributed by atoms with Crippen LogP contribution in [-0.4, -0.2) is 45.4 Å². The van der Waals surface area contributed by atoms with Crippen LogP contribution >= 0.6 is 11.3 Å². The number of carbonyl (C=O) groups excluding carboxylic acids is 1. The van der Waals surface area contributed by atoms with Crippen molar-refractivity contribution in [3.63, 3.8) is 0 Å². The largest absolute Gasteiger partial charge is 0.332 e. The predicted molar refractivity (Wildman–Crippen MR) is 89.8 cm³/mol. The summed E-state index contributed by atoms with van der Waals surface area (Å²) in [5.74, 6) is 0.338. The summed E-state index contributed by atoms with van der Waals surface area (Å²) in [4.78, 5) is 22.6. The van der Waals surface area contributed by atoms with Crippen molar-refractivity contribution in [3.8, 4) is 0 Å². The van der Waals surface area contributed by atoms with Gasteiger partial charge in [0.1, 0.15) is 0 Å². The summed E-state index contributed by atoms with van der Waals surface area (Å²) in [6, 6.07) is 0.655. The van der Waals surface area contributed by atoms with Crippen molar-refractivity contribution in [3.05, 3.63) is 16.6 Å². The van der Waals surface area contributed by atoms with E-state index >= 15 is 0 Å². The van der Waals surface area contributed by atoms with Crippen molar-refractivity contribution < 1.29 is 4.79 Å². The summed E-state index contributed by atoms with van der Waals surface area (Å²) in [5, 5.41) is 0. The maximum Gasteiger partial charge on any atom is 0.223 e. The van der Waals surface area contributed by atoms with E-state index in [4.69, 9.17) is 0 Å². The summed E-state index contributed by atoms with van der Waals surface area (Å²) < 4.78 is 0. The molecule has 0 radical (unpaired) electrons. The minimum atomic E-state index is 0.100. The van der Waals surface area contributed by atoms with Crippen LogP contribution in [0.1, 0.15) is 57.2 Å². The molecule has 3 rings (SSSR count). The first kappa shape index (κ1) is 15.9. The lowest BCUT2D eigenvalue weighted by Gasteiger charge is -2.38.